The molecule has 1 atom stereocenters. The lowest BCUT2D eigenvalue weighted by molar-refractivity contribution is -0.0200. The highest BCUT2D eigenvalue weighted by molar-refractivity contribution is 5.59. The fraction of sp³-hybridized carbons (Fsp3) is 0.263. The van der Waals surface area contributed by atoms with Crippen LogP contribution in [0.4, 0.5) is 4.39 Å². The molecule has 1 aliphatic rings. The fourth-order valence-corrected chi connectivity index (χ4v) is 3.02. The van der Waals surface area contributed by atoms with Crippen molar-refractivity contribution in [3.63, 3.8) is 0 Å². The zero-order valence-electron chi connectivity index (χ0n) is 13.4. The molecule has 2 aromatic rings. The van der Waals surface area contributed by atoms with Gasteiger partial charge in [0.1, 0.15) is 28.7 Å². The van der Waals surface area contributed by atoms with Crippen molar-refractivity contribution in [2.24, 2.45) is 5.41 Å². The lowest BCUT2D eigenvalue weighted by Crippen LogP contribution is -2.44. The van der Waals surface area contributed by atoms with Gasteiger partial charge in [-0.25, -0.2) is 4.39 Å². The molecule has 3 rings (SSSR count). The molecule has 1 N–H and O–H groups in total. The molecule has 1 unspecified atom stereocenters. The third-order valence-corrected chi connectivity index (χ3v) is 4.58. The van der Waals surface area contributed by atoms with Crippen LogP contribution < -0.4 is 9.47 Å². The minimum atomic E-state index is -1.63. The molecule has 1 aliphatic heterocycles. The van der Waals surface area contributed by atoms with E-state index in [1.165, 1.54) is 13.2 Å². The highest BCUT2D eigenvalue weighted by Crippen LogP contribution is 2.56. The summed E-state index contributed by atoms with van der Waals surface area (Å²) in [7, 11) is 1.54. The highest BCUT2D eigenvalue weighted by atomic mass is 19.1. The predicted molar refractivity (Wildman–Crippen MR) is 86.4 cm³/mol. The number of methoxy groups -OCH3 is 1. The normalized spacial score (nSPS) is 19.3. The summed E-state index contributed by atoms with van der Waals surface area (Å²) in [4.78, 5) is 0. The zero-order valence-corrected chi connectivity index (χ0v) is 13.4. The Morgan fingerprint density at radius 1 is 1.26 bits per heavy atom. The largest absolute Gasteiger partial charge is 0.497 e. The number of aliphatic hydroxyl groups is 1. The van der Waals surface area contributed by atoms with Crippen molar-refractivity contribution in [2.75, 3.05) is 7.11 Å². The van der Waals surface area contributed by atoms with Gasteiger partial charge >= 0.3 is 0 Å². The second-order valence-electron chi connectivity index (χ2n) is 6.21. The van der Waals surface area contributed by atoms with Crippen LogP contribution in [-0.4, -0.2) is 12.2 Å². The lowest BCUT2D eigenvalue weighted by Gasteiger charge is -2.45. The van der Waals surface area contributed by atoms with Crippen LogP contribution in [-0.2, 0) is 5.60 Å². The number of hydrogen-bond acceptors (Lipinski definition) is 3. The van der Waals surface area contributed by atoms with E-state index in [0.717, 1.165) is 0 Å². The van der Waals surface area contributed by atoms with E-state index in [9.17, 15) is 9.50 Å². The minimum absolute atomic E-state index is 0.116. The summed E-state index contributed by atoms with van der Waals surface area (Å²) < 4.78 is 25.7. The van der Waals surface area contributed by atoms with E-state index < -0.39 is 16.8 Å². The summed E-state index contributed by atoms with van der Waals surface area (Å²) in [5, 5.41) is 11.7. The Morgan fingerprint density at radius 3 is 2.65 bits per heavy atom. The standard InChI is InChI=1S/C19H19FO3/c1-5-18(2,3)19(21)13-11-12(22-4)9-10-15(13)23-16-8-6-7-14(20)17(16)19/h5-11,21H,1H2,2-4H3. The third kappa shape index (κ3) is 2.05. The molecule has 0 aromatic heterocycles. The maximum Gasteiger partial charge on any atom is 0.136 e. The second-order valence-corrected chi connectivity index (χ2v) is 6.21. The molecule has 4 heteroatoms. The van der Waals surface area contributed by atoms with Crippen molar-refractivity contribution in [2.45, 2.75) is 19.4 Å². The van der Waals surface area contributed by atoms with E-state index in [2.05, 4.69) is 6.58 Å². The van der Waals surface area contributed by atoms with Crippen molar-refractivity contribution >= 4 is 0 Å². The topological polar surface area (TPSA) is 38.7 Å². The Hall–Kier alpha value is -2.33. The van der Waals surface area contributed by atoms with Gasteiger partial charge in [0.25, 0.3) is 0 Å². The molecule has 0 saturated heterocycles. The van der Waals surface area contributed by atoms with E-state index in [4.69, 9.17) is 9.47 Å². The van der Waals surface area contributed by atoms with Gasteiger partial charge in [-0.15, -0.1) is 6.58 Å². The van der Waals surface area contributed by atoms with Gasteiger partial charge in [0.15, 0.2) is 0 Å². The van der Waals surface area contributed by atoms with Gasteiger partial charge < -0.3 is 14.6 Å². The summed E-state index contributed by atoms with van der Waals surface area (Å²) in [6, 6.07) is 9.66. The lowest BCUT2D eigenvalue weighted by atomic mass is 9.65. The van der Waals surface area contributed by atoms with E-state index in [-0.39, 0.29) is 5.56 Å². The third-order valence-electron chi connectivity index (χ3n) is 4.58. The molecule has 0 bridgehead atoms. The van der Waals surface area contributed by atoms with E-state index in [1.54, 1.807) is 36.4 Å². The SMILES string of the molecule is C=CC(C)(C)C1(O)c2cc(OC)ccc2Oc2cccc(F)c21. The second kappa shape index (κ2) is 5.10. The van der Waals surface area contributed by atoms with Gasteiger partial charge in [-0.3, -0.25) is 0 Å². The molecule has 0 fully saturated rings. The van der Waals surface area contributed by atoms with Crippen molar-refractivity contribution in [3.05, 3.63) is 66.0 Å². The molecular weight excluding hydrogens is 295 g/mol. The van der Waals surface area contributed by atoms with Gasteiger partial charge in [-0.05, 0) is 30.3 Å². The number of benzene rings is 2. The first kappa shape index (κ1) is 15.6. The maximum absolute atomic E-state index is 14.6. The van der Waals surface area contributed by atoms with Crippen molar-refractivity contribution in [3.8, 4) is 17.2 Å². The van der Waals surface area contributed by atoms with Gasteiger partial charge in [-0.2, -0.15) is 0 Å². The van der Waals surface area contributed by atoms with Crippen molar-refractivity contribution in [1.29, 1.82) is 0 Å². The van der Waals surface area contributed by atoms with Crippen LogP contribution >= 0.6 is 0 Å². The number of rotatable bonds is 3. The summed E-state index contributed by atoms with van der Waals surface area (Å²) in [6.07, 6.45) is 1.62. The number of hydrogen-bond donors (Lipinski definition) is 1. The van der Waals surface area contributed by atoms with Crippen LogP contribution in [0.5, 0.6) is 17.2 Å². The molecule has 0 spiro atoms. The average Bonchev–Trinajstić information content (AvgIpc) is 2.54. The maximum atomic E-state index is 14.6. The minimum Gasteiger partial charge on any atom is -0.497 e. The first-order chi connectivity index (χ1) is 10.8. The van der Waals surface area contributed by atoms with E-state index in [0.29, 0.717) is 22.8 Å². The smallest absolute Gasteiger partial charge is 0.136 e. The molecule has 2 aromatic carbocycles. The monoisotopic (exact) mass is 314 g/mol. The van der Waals surface area contributed by atoms with Gasteiger partial charge in [-0.1, -0.05) is 26.0 Å². The molecular formula is C19H19FO3. The Bertz CT molecular complexity index is 782. The number of halogens is 1. The van der Waals surface area contributed by atoms with Crippen LogP contribution in [0.15, 0.2) is 49.1 Å². The number of fused-ring (bicyclic) bond motifs is 2. The first-order valence-electron chi connectivity index (χ1n) is 7.36. The molecule has 0 radical (unpaired) electrons. The van der Waals surface area contributed by atoms with Crippen LogP contribution in [0.2, 0.25) is 0 Å². The zero-order chi connectivity index (χ0) is 16.8. The Balaban J connectivity index is 2.39. The molecule has 0 saturated carbocycles. The fourth-order valence-electron chi connectivity index (χ4n) is 3.02. The molecule has 120 valence electrons. The van der Waals surface area contributed by atoms with Gasteiger partial charge in [0.05, 0.1) is 12.7 Å². The Morgan fingerprint density at radius 2 is 2.00 bits per heavy atom. The van der Waals surface area contributed by atoms with Crippen LogP contribution in [0.25, 0.3) is 0 Å². The quantitative estimate of drug-likeness (QED) is 0.854. The molecule has 3 nitrogen and oxygen atoms in total. The molecule has 0 amide bonds. The molecule has 0 aliphatic carbocycles. The highest BCUT2D eigenvalue weighted by Gasteiger charge is 2.52. The van der Waals surface area contributed by atoms with Crippen LogP contribution in [0, 0.1) is 11.2 Å². The predicted octanol–water partition coefficient (Wildman–Crippen LogP) is 4.39. The van der Waals surface area contributed by atoms with Gasteiger partial charge in [0.2, 0.25) is 0 Å². The van der Waals surface area contributed by atoms with E-state index >= 15 is 0 Å². The Kier molecular flexibility index (Phi) is 3.45. The average molecular weight is 314 g/mol. The number of ether oxygens (including phenoxy) is 2. The Labute approximate surface area is 135 Å². The van der Waals surface area contributed by atoms with Crippen molar-refractivity contribution in [1.82, 2.24) is 0 Å². The van der Waals surface area contributed by atoms with Gasteiger partial charge in [0, 0.05) is 11.0 Å². The van der Waals surface area contributed by atoms with Crippen molar-refractivity contribution < 1.29 is 19.0 Å². The molecule has 23 heavy (non-hydrogen) atoms. The van der Waals surface area contributed by atoms with Crippen LogP contribution in [0.1, 0.15) is 25.0 Å². The summed E-state index contributed by atoms with van der Waals surface area (Å²) in [6.45, 7) is 7.44. The summed E-state index contributed by atoms with van der Waals surface area (Å²) >= 11 is 0. The summed E-state index contributed by atoms with van der Waals surface area (Å²) in [5.41, 5.74) is -1.89. The molecule has 1 heterocycles. The van der Waals surface area contributed by atoms with E-state index in [1.807, 2.05) is 13.8 Å². The summed E-state index contributed by atoms with van der Waals surface area (Å²) in [5.74, 6) is 0.820. The van der Waals surface area contributed by atoms with Crippen LogP contribution in [0.3, 0.4) is 0 Å². The first-order valence-corrected chi connectivity index (χ1v) is 7.36.